The zero-order valence-corrected chi connectivity index (χ0v) is 12.3. The number of nitrogens with two attached hydrogens (primary N) is 1. The van der Waals surface area contributed by atoms with Gasteiger partial charge in [0, 0.05) is 0 Å². The Bertz CT molecular complexity index is 360. The van der Waals surface area contributed by atoms with Gasteiger partial charge in [-0.2, -0.15) is 0 Å². The quantitative estimate of drug-likeness (QED) is 0.471. The van der Waals surface area contributed by atoms with Crippen LogP contribution in [0.4, 0.5) is 0 Å². The molecule has 1 rings (SSSR count). The monoisotopic (exact) mass is 296 g/mol. The topological polar surface area (TPSA) is 120 Å². The Morgan fingerprint density at radius 1 is 1.58 bits per heavy atom. The molecule has 0 unspecified atom stereocenters. The number of nitrogens with one attached hydrogen (secondary N) is 1. The number of hydrogen-bond donors (Lipinski definition) is 3. The number of carbonyl (C=O) groups is 2. The Balaban J connectivity index is 2.55. The molecule has 1 aliphatic heterocycles. The third-order valence-electron chi connectivity index (χ3n) is 2.74. The second kappa shape index (κ2) is 6.11. The first-order valence-corrected chi connectivity index (χ1v) is 7.69. The van der Waals surface area contributed by atoms with E-state index in [0.29, 0.717) is 0 Å². The summed E-state index contributed by atoms with van der Waals surface area (Å²) in [4.78, 5) is 32.5. The van der Waals surface area contributed by atoms with Crippen molar-refractivity contribution >= 4 is 20.0 Å². The zero-order chi connectivity index (χ0) is 14.7. The molecule has 0 aromatic rings. The Kier molecular flexibility index (Phi) is 5.23. The van der Waals surface area contributed by atoms with Crippen LogP contribution in [0.1, 0.15) is 20.3 Å². The average Bonchev–Trinajstić information content (AvgIpc) is 2.32. The van der Waals surface area contributed by atoms with Crippen molar-refractivity contribution in [2.24, 2.45) is 10.9 Å². The van der Waals surface area contributed by atoms with E-state index >= 15 is 0 Å². The van der Waals surface area contributed by atoms with Gasteiger partial charge in [0.05, 0.1) is 0 Å². The number of amides is 1. The maximum atomic E-state index is 12.0. The van der Waals surface area contributed by atoms with Gasteiger partial charge in [0.2, 0.25) is 0 Å². The third-order valence-corrected chi connectivity index (χ3v) is 3.87. The first kappa shape index (κ1) is 16.3. The van der Waals surface area contributed by atoms with Crippen molar-refractivity contribution in [2.45, 2.75) is 26.4 Å². The molecule has 0 aliphatic carbocycles. The van der Waals surface area contributed by atoms with E-state index in [0.717, 1.165) is 0 Å². The van der Waals surface area contributed by atoms with Gasteiger partial charge in [0.25, 0.3) is 0 Å². The second-order valence-corrected chi connectivity index (χ2v) is 6.81. The summed E-state index contributed by atoms with van der Waals surface area (Å²) in [6.07, 6.45) is -0.850. The normalized spacial score (nSPS) is 26.3. The van der Waals surface area contributed by atoms with Gasteiger partial charge in [0.1, 0.15) is 0 Å². The molecular weight excluding hydrogens is 275 g/mol. The molecule has 112 valence electrons. The number of ether oxygens (including phenoxy) is 1. The molecule has 0 saturated carbocycles. The van der Waals surface area contributed by atoms with Crippen LogP contribution in [-0.4, -0.2) is 43.1 Å². The fourth-order valence-corrected chi connectivity index (χ4v) is 3.03. The predicted molar refractivity (Wildman–Crippen MR) is 69.0 cm³/mol. The van der Waals surface area contributed by atoms with E-state index in [4.69, 9.17) is 14.6 Å². The van der Waals surface area contributed by atoms with Gasteiger partial charge in [-0.15, -0.1) is 0 Å². The molecule has 0 spiro atoms. The summed E-state index contributed by atoms with van der Waals surface area (Å²) >= 11 is 0. The molecule has 19 heavy (non-hydrogen) atoms. The summed E-state index contributed by atoms with van der Waals surface area (Å²) < 4.78 is 14.6. The first-order valence-electron chi connectivity index (χ1n) is 5.85. The first-order chi connectivity index (χ1) is 8.68. The molecule has 4 N–H and O–H groups in total. The van der Waals surface area contributed by atoms with Crippen molar-refractivity contribution in [3.8, 4) is 0 Å². The molecule has 8 nitrogen and oxygen atoms in total. The second-order valence-electron chi connectivity index (χ2n) is 5.02. The summed E-state index contributed by atoms with van der Waals surface area (Å²) in [5.41, 5.74) is 4.80. The van der Waals surface area contributed by atoms with Crippen LogP contribution in [0.25, 0.3) is 0 Å². The molecule has 9 heteroatoms. The third kappa shape index (κ3) is 4.67. The number of rotatable bonds is 4. The number of esters is 1. The van der Waals surface area contributed by atoms with Crippen LogP contribution in [0.5, 0.6) is 0 Å². The summed E-state index contributed by atoms with van der Waals surface area (Å²) in [7, 11) is -2.45. The van der Waals surface area contributed by atoms with Gasteiger partial charge in [-0.1, -0.05) is 0 Å². The van der Waals surface area contributed by atoms with Crippen LogP contribution < -0.4 is 10.8 Å². The van der Waals surface area contributed by atoms with Crippen LogP contribution in [0.3, 0.4) is 0 Å². The zero-order valence-electron chi connectivity index (χ0n) is 11.3. The number of methoxy groups -OCH3 is 1. The molecule has 1 fully saturated rings. The molecule has 1 heterocycles. The van der Waals surface area contributed by atoms with E-state index in [9.17, 15) is 14.5 Å². The van der Waals surface area contributed by atoms with E-state index in [1.165, 1.54) is 7.11 Å². The van der Waals surface area contributed by atoms with Crippen molar-refractivity contribution in [1.82, 2.24) is 5.32 Å². The van der Waals surface area contributed by atoms with Gasteiger partial charge >= 0.3 is 111 Å². The van der Waals surface area contributed by atoms with Gasteiger partial charge in [-0.3, -0.25) is 0 Å². The Hall–Kier alpha value is -0.790. The molecule has 1 atom stereocenters. The number of carbonyl (C=O) groups excluding carboxylic acids is 2. The molecule has 1 amide bonds. The van der Waals surface area contributed by atoms with Crippen LogP contribution in [0.15, 0.2) is 0 Å². The molecule has 0 aromatic carbocycles. The van der Waals surface area contributed by atoms with Gasteiger partial charge in [-0.25, -0.2) is 0 Å². The van der Waals surface area contributed by atoms with Crippen molar-refractivity contribution < 1.29 is 28.3 Å². The van der Waals surface area contributed by atoms with Crippen LogP contribution in [0, 0.1) is 5.41 Å². The van der Waals surface area contributed by atoms with Crippen LogP contribution >= 0.6 is 8.09 Å². The summed E-state index contributed by atoms with van der Waals surface area (Å²) in [6.45, 7) is 3.79. The minimum atomic E-state index is -3.73. The van der Waals surface area contributed by atoms with E-state index in [-0.39, 0.29) is 19.6 Å². The summed E-state index contributed by atoms with van der Waals surface area (Å²) in [5, 5.41) is 2.55. The van der Waals surface area contributed by atoms with Crippen LogP contribution in [0.2, 0.25) is 0 Å². The minimum absolute atomic E-state index is 0.0657. The standard InChI is InChI=1S/C10H21N2O6P/c1-10(2)6-17-19(11,15)18-8(10)9(14)12-5-4-7(13)16-3/h8,15,19H,4-6,11H2,1-3H3,(H,12,14)/t8-/m0/s1. The molecule has 0 radical (unpaired) electrons. The van der Waals surface area contributed by atoms with E-state index in [2.05, 4.69) is 10.1 Å². The Morgan fingerprint density at radius 2 is 2.21 bits per heavy atom. The van der Waals surface area contributed by atoms with Gasteiger partial charge < -0.3 is 0 Å². The van der Waals surface area contributed by atoms with Crippen molar-refractivity contribution in [3.05, 3.63) is 0 Å². The summed E-state index contributed by atoms with van der Waals surface area (Å²) in [5.74, 6) is -0.856. The van der Waals surface area contributed by atoms with Crippen molar-refractivity contribution in [1.29, 1.82) is 0 Å². The summed E-state index contributed by atoms with van der Waals surface area (Å²) in [6, 6.07) is 0. The Labute approximate surface area is 112 Å². The van der Waals surface area contributed by atoms with Crippen molar-refractivity contribution in [3.63, 3.8) is 0 Å². The maximum absolute atomic E-state index is 12.0. The fourth-order valence-electron chi connectivity index (χ4n) is 1.62. The average molecular weight is 296 g/mol. The predicted octanol–water partition coefficient (Wildman–Crippen LogP) is -0.532. The van der Waals surface area contributed by atoms with Crippen molar-refractivity contribution in [2.75, 3.05) is 20.3 Å². The molecule has 0 bridgehead atoms. The van der Waals surface area contributed by atoms with Gasteiger partial charge in [-0.05, 0) is 0 Å². The molecule has 0 aromatic heterocycles. The Morgan fingerprint density at radius 3 is 2.79 bits per heavy atom. The number of hydrogen-bond acceptors (Lipinski definition) is 7. The van der Waals surface area contributed by atoms with E-state index in [1.807, 2.05) is 0 Å². The molecule has 1 saturated heterocycles. The van der Waals surface area contributed by atoms with E-state index in [1.54, 1.807) is 13.8 Å². The van der Waals surface area contributed by atoms with Crippen LogP contribution in [-0.2, 0) is 23.4 Å². The van der Waals surface area contributed by atoms with E-state index < -0.39 is 31.5 Å². The SMILES string of the molecule is COC(=O)CCNC(=O)[C@@H]1O[PH](N)(O)OCC1(C)C. The molecule has 1 aliphatic rings. The fraction of sp³-hybridized carbons (Fsp3) is 0.800. The van der Waals surface area contributed by atoms with Gasteiger partial charge in [0.15, 0.2) is 0 Å². The molecular formula is C10H21N2O6P.